The molecule has 31 heavy (non-hydrogen) atoms. The molecule has 1 saturated carbocycles. The number of anilines is 1. The van der Waals surface area contributed by atoms with Gasteiger partial charge in [0.1, 0.15) is 5.82 Å². The summed E-state index contributed by atoms with van der Waals surface area (Å²) in [7, 11) is 0. The van der Waals surface area contributed by atoms with Crippen LogP contribution in [0.15, 0.2) is 41.9 Å². The van der Waals surface area contributed by atoms with Gasteiger partial charge in [0.2, 0.25) is 5.70 Å². The highest BCUT2D eigenvalue weighted by molar-refractivity contribution is 6.18. The Morgan fingerprint density at radius 1 is 1.19 bits per heavy atom. The van der Waals surface area contributed by atoms with Crippen molar-refractivity contribution in [1.82, 2.24) is 20.1 Å². The van der Waals surface area contributed by atoms with Gasteiger partial charge in [-0.25, -0.2) is 4.39 Å². The monoisotopic (exact) mass is 423 g/mol. The minimum atomic E-state index is -0.477. The summed E-state index contributed by atoms with van der Waals surface area (Å²) in [5.41, 5.74) is 1.90. The summed E-state index contributed by atoms with van der Waals surface area (Å²) < 4.78 is 13.3. The Balaban J connectivity index is 1.26. The maximum Gasteiger partial charge on any atom is 0.315 e. The summed E-state index contributed by atoms with van der Waals surface area (Å²) in [5.74, 6) is -0.998. The lowest BCUT2D eigenvalue weighted by atomic mass is 10.0. The van der Waals surface area contributed by atoms with E-state index in [4.69, 9.17) is 0 Å². The van der Waals surface area contributed by atoms with Crippen LogP contribution in [-0.4, -0.2) is 56.9 Å². The van der Waals surface area contributed by atoms with Crippen LogP contribution in [0.2, 0.25) is 0 Å². The molecule has 5 rings (SSSR count). The van der Waals surface area contributed by atoms with Gasteiger partial charge in [0, 0.05) is 24.2 Å². The highest BCUT2D eigenvalue weighted by Gasteiger charge is 2.51. The lowest BCUT2D eigenvalue weighted by Crippen LogP contribution is -3.12. The quantitative estimate of drug-likeness (QED) is 0.660. The summed E-state index contributed by atoms with van der Waals surface area (Å²) in [6.45, 7) is 0.634. The predicted molar refractivity (Wildman–Crippen MR) is 106 cm³/mol. The number of hydrogen-bond acceptors (Lipinski definition) is 6. The number of nitrogens with one attached hydrogen (secondary N) is 2. The van der Waals surface area contributed by atoms with Gasteiger partial charge in [0.15, 0.2) is 12.4 Å². The second kappa shape index (κ2) is 7.62. The Hall–Kier alpha value is -3.53. The van der Waals surface area contributed by atoms with E-state index in [0.717, 1.165) is 25.5 Å². The maximum absolute atomic E-state index is 13.3. The number of quaternary nitrogens is 1. The van der Waals surface area contributed by atoms with Crippen LogP contribution >= 0.6 is 0 Å². The van der Waals surface area contributed by atoms with E-state index in [1.807, 2.05) is 0 Å². The molecule has 2 aliphatic heterocycles. The fraction of sp³-hybridized carbons (Fsp3) is 0.333. The number of nitrogens with zero attached hydrogens (tertiary/aromatic N) is 4. The molecule has 1 atom stereocenters. The summed E-state index contributed by atoms with van der Waals surface area (Å²) in [5, 5.41) is 10.7. The third kappa shape index (κ3) is 3.70. The van der Waals surface area contributed by atoms with E-state index in [1.165, 1.54) is 17.2 Å². The zero-order valence-corrected chi connectivity index (χ0v) is 16.6. The molecule has 3 amide bonds. The third-order valence-electron chi connectivity index (χ3n) is 5.69. The molecule has 158 valence electrons. The topological polar surface area (TPSA) is 110 Å². The molecule has 2 N–H and O–H groups in total. The molecule has 1 unspecified atom stereocenters. The molecule has 0 saturated heterocycles. The predicted octanol–water partition coefficient (Wildman–Crippen LogP) is 0.0802. The fourth-order valence-corrected chi connectivity index (χ4v) is 4.12. The molecule has 9 nitrogen and oxygen atoms in total. The molecule has 1 fully saturated rings. The van der Waals surface area contributed by atoms with Crippen LogP contribution in [-0.2, 0) is 14.4 Å². The molecule has 2 aromatic rings. The van der Waals surface area contributed by atoms with Gasteiger partial charge in [0.05, 0.1) is 24.0 Å². The van der Waals surface area contributed by atoms with E-state index in [2.05, 4.69) is 20.5 Å². The van der Waals surface area contributed by atoms with Crippen molar-refractivity contribution in [1.29, 1.82) is 0 Å². The van der Waals surface area contributed by atoms with E-state index in [0.29, 0.717) is 40.4 Å². The highest BCUT2D eigenvalue weighted by Crippen LogP contribution is 2.34. The number of halogens is 1. The lowest BCUT2D eigenvalue weighted by molar-refractivity contribution is -0.850. The molecular formula is C21H20FN6O3+. The number of carbonyl (C=O) groups excluding carboxylic acids is 3. The first kappa shape index (κ1) is 19.4. The first-order valence-corrected chi connectivity index (χ1v) is 10.2. The Bertz CT molecular complexity index is 1110. The van der Waals surface area contributed by atoms with Gasteiger partial charge in [-0.05, 0) is 37.5 Å². The van der Waals surface area contributed by atoms with Crippen molar-refractivity contribution in [2.45, 2.75) is 31.7 Å². The van der Waals surface area contributed by atoms with Gasteiger partial charge in [-0.15, -0.1) is 10.2 Å². The molecule has 10 heteroatoms. The van der Waals surface area contributed by atoms with Crippen molar-refractivity contribution < 1.29 is 23.7 Å². The average molecular weight is 423 g/mol. The maximum atomic E-state index is 13.3. The van der Waals surface area contributed by atoms with E-state index in [1.54, 1.807) is 12.1 Å². The highest BCUT2D eigenvalue weighted by atomic mass is 19.1. The van der Waals surface area contributed by atoms with Crippen molar-refractivity contribution in [2.75, 3.05) is 18.4 Å². The number of hydrogen-bond donors (Lipinski definition) is 2. The van der Waals surface area contributed by atoms with E-state index in [9.17, 15) is 18.8 Å². The van der Waals surface area contributed by atoms with E-state index >= 15 is 0 Å². The van der Waals surface area contributed by atoms with Crippen molar-refractivity contribution >= 4 is 23.5 Å². The Morgan fingerprint density at radius 3 is 2.74 bits per heavy atom. The molecule has 0 radical (unpaired) electrons. The van der Waals surface area contributed by atoms with Gasteiger partial charge in [-0.2, -0.15) is 0 Å². The number of aromatic nitrogens is 3. The molecule has 0 aromatic carbocycles. The third-order valence-corrected chi connectivity index (χ3v) is 5.69. The van der Waals surface area contributed by atoms with Crippen LogP contribution in [0.4, 0.5) is 10.2 Å². The Kier molecular flexibility index (Phi) is 4.78. The molecular weight excluding hydrogens is 403 g/mol. The standard InChI is InChI=1S/C21H19FN6O3/c22-13-8-12(9-23-10-13)16-5-6-17(26-25-16)24-18(29)11-27-7-1-2-15-19(27)21(31)28(20(15)30)14-3-4-14/h5-6,8-10,14H,1-4,7,11H2,(H,24,26,29)/p+1. The van der Waals surface area contributed by atoms with Crippen molar-refractivity contribution in [2.24, 2.45) is 0 Å². The normalized spacial score (nSPS) is 20.8. The molecule has 0 bridgehead atoms. The first-order chi connectivity index (χ1) is 15.0. The van der Waals surface area contributed by atoms with Gasteiger partial charge < -0.3 is 5.32 Å². The molecule has 2 aromatic heterocycles. The van der Waals surface area contributed by atoms with Gasteiger partial charge >= 0.3 is 5.91 Å². The van der Waals surface area contributed by atoms with Crippen LogP contribution < -0.4 is 10.2 Å². The zero-order chi connectivity index (χ0) is 21.5. The average Bonchev–Trinajstić information content (AvgIpc) is 3.55. The fourth-order valence-electron chi connectivity index (χ4n) is 4.12. The van der Waals surface area contributed by atoms with E-state index < -0.39 is 5.82 Å². The molecule has 1 aliphatic carbocycles. The van der Waals surface area contributed by atoms with E-state index in [-0.39, 0.29) is 36.1 Å². The number of imide groups is 1. The van der Waals surface area contributed by atoms with Crippen molar-refractivity contribution in [3.63, 3.8) is 0 Å². The lowest BCUT2D eigenvalue weighted by Gasteiger charge is -2.22. The number of carbonyl (C=O) groups is 3. The van der Waals surface area contributed by atoms with Gasteiger partial charge in [0.25, 0.3) is 11.8 Å². The number of pyridine rings is 1. The number of amides is 3. The van der Waals surface area contributed by atoms with Gasteiger partial charge in [-0.1, -0.05) is 0 Å². The smallest absolute Gasteiger partial charge is 0.304 e. The minimum Gasteiger partial charge on any atom is -0.304 e. The van der Waals surface area contributed by atoms with Gasteiger partial charge in [-0.3, -0.25) is 29.2 Å². The largest absolute Gasteiger partial charge is 0.315 e. The van der Waals surface area contributed by atoms with Crippen LogP contribution in [0.5, 0.6) is 0 Å². The van der Waals surface area contributed by atoms with Crippen LogP contribution in [0.1, 0.15) is 25.7 Å². The van der Waals surface area contributed by atoms with Crippen LogP contribution in [0, 0.1) is 5.82 Å². The Morgan fingerprint density at radius 2 is 2.03 bits per heavy atom. The SMILES string of the molecule is O=C(C[NH+]1CCCC2=C1C(=O)N(C1CC1)C2=O)Nc1ccc(-c2cncc(F)c2)nn1. The summed E-state index contributed by atoms with van der Waals surface area (Å²) in [4.78, 5) is 43.9. The van der Waals surface area contributed by atoms with Crippen molar-refractivity contribution in [3.8, 4) is 11.3 Å². The molecule has 0 spiro atoms. The summed E-state index contributed by atoms with van der Waals surface area (Å²) >= 11 is 0. The Labute approximate surface area is 177 Å². The zero-order valence-electron chi connectivity index (χ0n) is 16.6. The van der Waals surface area contributed by atoms with Crippen LogP contribution in [0.3, 0.4) is 0 Å². The van der Waals surface area contributed by atoms with Crippen molar-refractivity contribution in [3.05, 3.63) is 47.7 Å². The second-order valence-electron chi connectivity index (χ2n) is 7.94. The number of rotatable bonds is 5. The minimum absolute atomic E-state index is 0.0164. The second-order valence-corrected chi connectivity index (χ2v) is 7.94. The summed E-state index contributed by atoms with van der Waals surface area (Å²) in [6.07, 6.45) is 5.61. The molecule has 3 aliphatic rings. The summed E-state index contributed by atoms with van der Waals surface area (Å²) in [6, 6.07) is 4.49. The molecule has 4 heterocycles. The first-order valence-electron chi connectivity index (χ1n) is 10.2. The van der Waals surface area contributed by atoms with Crippen LogP contribution in [0.25, 0.3) is 11.3 Å².